The van der Waals surface area contributed by atoms with Crippen molar-refractivity contribution in [3.63, 3.8) is 0 Å². The first kappa shape index (κ1) is 15.8. The van der Waals surface area contributed by atoms with Crippen LogP contribution in [0.3, 0.4) is 0 Å². The van der Waals surface area contributed by atoms with Gasteiger partial charge in [0.1, 0.15) is 0 Å². The zero-order valence-electron chi connectivity index (χ0n) is 10.9. The molecule has 4 nitrogen and oxygen atoms in total. The van der Waals surface area contributed by atoms with Gasteiger partial charge < -0.3 is 19.9 Å². The second-order valence-corrected chi connectivity index (χ2v) is 3.94. The summed E-state index contributed by atoms with van der Waals surface area (Å²) in [6, 6.07) is 0. The summed E-state index contributed by atoms with van der Waals surface area (Å²) >= 11 is 0. The lowest BCUT2D eigenvalue weighted by molar-refractivity contribution is -0.0263. The number of hydrogen-bond acceptors (Lipinski definition) is 4. The molecule has 0 heterocycles. The topological polar surface area (TPSA) is 53.7 Å². The van der Waals surface area contributed by atoms with Crippen LogP contribution < -0.4 is 5.73 Å². The van der Waals surface area contributed by atoms with Crippen LogP contribution in [0.5, 0.6) is 0 Å². The van der Waals surface area contributed by atoms with Gasteiger partial charge in [0.25, 0.3) is 0 Å². The van der Waals surface area contributed by atoms with E-state index in [1.807, 2.05) is 0 Å². The van der Waals surface area contributed by atoms with E-state index in [1.54, 1.807) is 7.11 Å². The maximum Gasteiger partial charge on any atom is 0.0704 e. The summed E-state index contributed by atoms with van der Waals surface area (Å²) in [7, 11) is 1.70. The molecule has 0 saturated carbocycles. The lowest BCUT2D eigenvalue weighted by Gasteiger charge is -2.17. The highest BCUT2D eigenvalue weighted by atomic mass is 16.5. The van der Waals surface area contributed by atoms with Gasteiger partial charge in [-0.05, 0) is 32.7 Å². The Balaban J connectivity index is 3.36. The Bertz CT molecular complexity index is 144. The van der Waals surface area contributed by atoms with E-state index in [2.05, 4.69) is 13.8 Å². The molecule has 0 saturated heterocycles. The summed E-state index contributed by atoms with van der Waals surface area (Å²) in [5, 5.41) is 0. The van der Waals surface area contributed by atoms with E-state index in [9.17, 15) is 0 Å². The van der Waals surface area contributed by atoms with Gasteiger partial charge in [-0.15, -0.1) is 0 Å². The van der Waals surface area contributed by atoms with Crippen molar-refractivity contribution in [3.05, 3.63) is 0 Å². The standard InChI is InChI=1S/C12H27NO3/c1-4-12(5-7-13)16-10-9-15-11(2)6-8-14-3/h11-12H,4-10,13H2,1-3H3. The Hall–Kier alpha value is -0.160. The predicted octanol–water partition coefficient (Wildman–Crippen LogP) is 1.57. The number of nitrogens with two attached hydrogens (primary N) is 1. The Morgan fingerprint density at radius 2 is 1.75 bits per heavy atom. The van der Waals surface area contributed by atoms with Crippen molar-refractivity contribution < 1.29 is 14.2 Å². The van der Waals surface area contributed by atoms with E-state index >= 15 is 0 Å². The first-order valence-electron chi connectivity index (χ1n) is 6.16. The highest BCUT2D eigenvalue weighted by Crippen LogP contribution is 2.03. The molecule has 98 valence electrons. The van der Waals surface area contributed by atoms with Crippen LogP contribution in [0.4, 0.5) is 0 Å². The Morgan fingerprint density at radius 3 is 2.31 bits per heavy atom. The van der Waals surface area contributed by atoms with Gasteiger partial charge in [-0.3, -0.25) is 0 Å². The quantitative estimate of drug-likeness (QED) is 0.550. The maximum absolute atomic E-state index is 5.65. The molecule has 0 aliphatic carbocycles. The summed E-state index contributed by atoms with van der Waals surface area (Å²) < 4.78 is 16.2. The van der Waals surface area contributed by atoms with Crippen LogP contribution in [0.2, 0.25) is 0 Å². The van der Waals surface area contributed by atoms with Crippen molar-refractivity contribution in [2.45, 2.75) is 45.3 Å². The normalized spacial score (nSPS) is 15.0. The van der Waals surface area contributed by atoms with Gasteiger partial charge in [-0.25, -0.2) is 0 Å². The molecule has 0 aliphatic heterocycles. The minimum atomic E-state index is 0.234. The molecule has 16 heavy (non-hydrogen) atoms. The van der Waals surface area contributed by atoms with Crippen molar-refractivity contribution in [2.24, 2.45) is 5.73 Å². The molecule has 0 aromatic carbocycles. The van der Waals surface area contributed by atoms with Gasteiger partial charge in [0.05, 0.1) is 25.4 Å². The molecule has 2 N–H and O–H groups in total. The number of hydrogen-bond donors (Lipinski definition) is 1. The fourth-order valence-electron chi connectivity index (χ4n) is 1.42. The fourth-order valence-corrected chi connectivity index (χ4v) is 1.42. The van der Waals surface area contributed by atoms with Crippen molar-refractivity contribution in [1.29, 1.82) is 0 Å². The first-order valence-corrected chi connectivity index (χ1v) is 6.16. The van der Waals surface area contributed by atoms with Crippen LogP contribution in [-0.2, 0) is 14.2 Å². The van der Waals surface area contributed by atoms with Gasteiger partial charge in [0.15, 0.2) is 0 Å². The lowest BCUT2D eigenvalue weighted by atomic mass is 10.2. The average molecular weight is 233 g/mol. The molecule has 2 unspecified atom stereocenters. The summed E-state index contributed by atoms with van der Waals surface area (Å²) in [5.74, 6) is 0. The molecule has 0 rings (SSSR count). The predicted molar refractivity (Wildman–Crippen MR) is 65.6 cm³/mol. The first-order chi connectivity index (χ1) is 7.74. The van der Waals surface area contributed by atoms with E-state index in [4.69, 9.17) is 19.9 Å². The summed E-state index contributed by atoms with van der Waals surface area (Å²) in [6.45, 7) is 6.89. The third-order valence-electron chi connectivity index (χ3n) is 2.51. The van der Waals surface area contributed by atoms with Crippen LogP contribution >= 0.6 is 0 Å². The second kappa shape index (κ2) is 11.3. The molecule has 0 aliphatic rings. The van der Waals surface area contributed by atoms with E-state index in [-0.39, 0.29) is 12.2 Å². The van der Waals surface area contributed by atoms with E-state index < -0.39 is 0 Å². The van der Waals surface area contributed by atoms with Gasteiger partial charge >= 0.3 is 0 Å². The Morgan fingerprint density at radius 1 is 1.06 bits per heavy atom. The zero-order chi connectivity index (χ0) is 12.2. The smallest absolute Gasteiger partial charge is 0.0704 e. The third kappa shape index (κ3) is 9.09. The van der Waals surface area contributed by atoms with E-state index in [0.29, 0.717) is 19.8 Å². The largest absolute Gasteiger partial charge is 0.385 e. The van der Waals surface area contributed by atoms with Gasteiger partial charge in [0, 0.05) is 13.7 Å². The summed E-state index contributed by atoms with van der Waals surface area (Å²) in [5.41, 5.74) is 5.49. The monoisotopic (exact) mass is 233 g/mol. The molecule has 2 atom stereocenters. The second-order valence-electron chi connectivity index (χ2n) is 3.94. The Kier molecular flexibility index (Phi) is 11.2. The van der Waals surface area contributed by atoms with E-state index in [0.717, 1.165) is 25.9 Å². The highest BCUT2D eigenvalue weighted by Gasteiger charge is 2.06. The number of ether oxygens (including phenoxy) is 3. The number of methoxy groups -OCH3 is 1. The van der Waals surface area contributed by atoms with E-state index in [1.165, 1.54) is 0 Å². The summed E-state index contributed by atoms with van der Waals surface area (Å²) in [6.07, 6.45) is 3.38. The SMILES string of the molecule is CCC(CCN)OCCOC(C)CCOC. The average Bonchev–Trinajstić information content (AvgIpc) is 2.30. The molecular formula is C12H27NO3. The van der Waals surface area contributed by atoms with Gasteiger partial charge in [0.2, 0.25) is 0 Å². The highest BCUT2D eigenvalue weighted by molar-refractivity contribution is 4.56. The molecule has 0 spiro atoms. The molecule has 0 bridgehead atoms. The van der Waals surface area contributed by atoms with Gasteiger partial charge in [-0.1, -0.05) is 6.92 Å². The molecule has 0 fully saturated rings. The van der Waals surface area contributed by atoms with Crippen LogP contribution in [0.15, 0.2) is 0 Å². The lowest BCUT2D eigenvalue weighted by Crippen LogP contribution is -2.21. The molecule has 0 aromatic heterocycles. The van der Waals surface area contributed by atoms with Crippen molar-refractivity contribution in [2.75, 3.05) is 33.5 Å². The van der Waals surface area contributed by atoms with Gasteiger partial charge in [-0.2, -0.15) is 0 Å². The minimum absolute atomic E-state index is 0.234. The molecule has 0 amide bonds. The summed E-state index contributed by atoms with van der Waals surface area (Å²) in [4.78, 5) is 0. The third-order valence-corrected chi connectivity index (χ3v) is 2.51. The van der Waals surface area contributed by atoms with Crippen molar-refractivity contribution in [1.82, 2.24) is 0 Å². The van der Waals surface area contributed by atoms with Crippen molar-refractivity contribution >= 4 is 0 Å². The number of rotatable bonds is 11. The molecule has 0 aromatic rings. The fraction of sp³-hybridized carbons (Fsp3) is 1.00. The Labute approximate surface area is 99.4 Å². The van der Waals surface area contributed by atoms with Crippen LogP contribution in [0.25, 0.3) is 0 Å². The molecule has 4 heteroatoms. The van der Waals surface area contributed by atoms with Crippen LogP contribution in [0, 0.1) is 0 Å². The maximum atomic E-state index is 5.65. The zero-order valence-corrected chi connectivity index (χ0v) is 10.9. The van der Waals surface area contributed by atoms with Crippen LogP contribution in [0.1, 0.15) is 33.1 Å². The molecular weight excluding hydrogens is 206 g/mol. The van der Waals surface area contributed by atoms with Crippen LogP contribution in [-0.4, -0.2) is 45.7 Å². The minimum Gasteiger partial charge on any atom is -0.385 e. The van der Waals surface area contributed by atoms with Crippen molar-refractivity contribution in [3.8, 4) is 0 Å². The molecule has 0 radical (unpaired) electrons.